The zero-order chi connectivity index (χ0) is 12.0. The van der Waals surface area contributed by atoms with Crippen LogP contribution in [0.4, 0.5) is 0 Å². The van der Waals surface area contributed by atoms with Crippen LogP contribution in [-0.2, 0) is 9.53 Å². The molecule has 0 amide bonds. The first-order valence-electron chi connectivity index (χ1n) is 5.29. The summed E-state index contributed by atoms with van der Waals surface area (Å²) < 4.78 is 4.77. The number of hydrogen-bond donors (Lipinski definition) is 1. The van der Waals surface area contributed by atoms with E-state index < -0.39 is 0 Å². The molecule has 0 atom stereocenters. The Bertz CT molecular complexity index is 139. The van der Waals surface area contributed by atoms with Gasteiger partial charge < -0.3 is 10.1 Å². The molecule has 94 valence electrons. The molecule has 0 radical (unpaired) electrons. The highest BCUT2D eigenvalue weighted by atomic mass is 35.5. The summed E-state index contributed by atoms with van der Waals surface area (Å²) in [5, 5.41) is 1.95. The second-order valence-corrected chi connectivity index (χ2v) is 2.11. The fourth-order valence-electron chi connectivity index (χ4n) is 0.393. The lowest BCUT2D eigenvalue weighted by Gasteiger charge is -2.00. The molecule has 0 rings (SSSR count). The summed E-state index contributed by atoms with van der Waals surface area (Å²) in [4.78, 5) is 10.7. The fourth-order valence-corrected chi connectivity index (χ4v) is 0.393. The van der Waals surface area contributed by atoms with Crippen LogP contribution in [0, 0.1) is 0 Å². The minimum absolute atomic E-state index is 0. The van der Waals surface area contributed by atoms with Crippen molar-refractivity contribution < 1.29 is 14.8 Å². The molecule has 0 unspecified atom stereocenters. The normalized spacial score (nSPS) is 6.80. The van der Waals surface area contributed by atoms with E-state index in [1.165, 1.54) is 0 Å². The van der Waals surface area contributed by atoms with E-state index in [-0.39, 0.29) is 18.4 Å². The molecule has 0 aliphatic carbocycles. The molecule has 0 aliphatic rings. The molecule has 0 aromatic rings. The van der Waals surface area contributed by atoms with Gasteiger partial charge in [0, 0.05) is 5.57 Å². The zero-order valence-corrected chi connectivity index (χ0v) is 11.7. The van der Waals surface area contributed by atoms with Crippen LogP contribution in [0.3, 0.4) is 0 Å². The highest BCUT2D eigenvalue weighted by molar-refractivity contribution is 5.86. The smallest absolute Gasteiger partial charge is 0.333 e. The van der Waals surface area contributed by atoms with E-state index in [0.29, 0.717) is 12.2 Å². The number of hydrogen-bond acceptors (Lipinski definition) is 2. The first kappa shape index (κ1) is 23.9. The van der Waals surface area contributed by atoms with Crippen LogP contribution < -0.4 is 5.32 Å². The number of nitrogens with two attached hydrogens (primary N) is 1. The van der Waals surface area contributed by atoms with Crippen molar-refractivity contribution in [2.45, 2.75) is 34.6 Å². The molecular formula is C11H27ClNO2+. The molecule has 0 aromatic heterocycles. The molecule has 3 nitrogen and oxygen atoms in total. The Morgan fingerprint density at radius 2 is 1.67 bits per heavy atom. The summed E-state index contributed by atoms with van der Waals surface area (Å²) in [6.07, 6.45) is 0. The Labute approximate surface area is 101 Å². The summed E-state index contributed by atoms with van der Waals surface area (Å²) in [6, 6.07) is 0. The van der Waals surface area contributed by atoms with Crippen LogP contribution in [0.25, 0.3) is 0 Å². The van der Waals surface area contributed by atoms with Crippen LogP contribution in [0.15, 0.2) is 12.2 Å². The average Bonchev–Trinajstić information content (AvgIpc) is 2.24. The number of rotatable bonds is 4. The van der Waals surface area contributed by atoms with E-state index in [2.05, 4.69) is 6.58 Å². The van der Waals surface area contributed by atoms with Gasteiger partial charge in [-0.2, -0.15) is 0 Å². The number of carbonyl (C=O) groups excluding carboxylic acids is 1. The molecule has 0 fully saturated rings. The Kier molecular flexibility index (Phi) is 37.3. The third-order valence-corrected chi connectivity index (χ3v) is 0.988. The van der Waals surface area contributed by atoms with E-state index in [1.54, 1.807) is 6.92 Å². The van der Waals surface area contributed by atoms with Crippen LogP contribution in [0.2, 0.25) is 0 Å². The molecular weight excluding hydrogens is 214 g/mol. The Hall–Kier alpha value is -0.540. The molecule has 15 heavy (non-hydrogen) atoms. The van der Waals surface area contributed by atoms with Gasteiger partial charge in [0.1, 0.15) is 13.2 Å². The summed E-state index contributed by atoms with van der Waals surface area (Å²) in [6.45, 7) is 14.4. The highest BCUT2D eigenvalue weighted by Gasteiger charge is 2.01. The van der Waals surface area contributed by atoms with E-state index in [4.69, 9.17) is 4.74 Å². The number of carbonyl (C=O) groups is 1. The Balaban J connectivity index is -0.000000107. The maximum atomic E-state index is 10.7. The van der Waals surface area contributed by atoms with Gasteiger partial charge in [0.2, 0.25) is 0 Å². The first-order valence-corrected chi connectivity index (χ1v) is 5.29. The topological polar surface area (TPSA) is 42.9 Å². The highest BCUT2D eigenvalue weighted by Crippen LogP contribution is 1.89. The van der Waals surface area contributed by atoms with Crippen molar-refractivity contribution in [1.82, 2.24) is 0 Å². The first-order chi connectivity index (χ1) is 6.68. The number of halogens is 1. The van der Waals surface area contributed by atoms with Gasteiger partial charge in [-0.25, -0.2) is 4.79 Å². The predicted octanol–water partition coefficient (Wildman–Crippen LogP) is 1.77. The third-order valence-electron chi connectivity index (χ3n) is 0.988. The summed E-state index contributed by atoms with van der Waals surface area (Å²) in [5.41, 5.74) is 0.455. The standard InChI is InChI=1S/C7H13NO2.2C2H6.ClH/c1-6(2)7(9)10-5-4-8-3;2*1-2;/h8H,1,4-5H2,2-3H3;2*1-2H3;1H/p+1. The molecule has 0 saturated heterocycles. The van der Waals surface area contributed by atoms with E-state index >= 15 is 0 Å². The maximum Gasteiger partial charge on any atom is 0.333 e. The minimum Gasteiger partial charge on any atom is -0.456 e. The lowest BCUT2D eigenvalue weighted by molar-refractivity contribution is -0.628. The summed E-state index contributed by atoms with van der Waals surface area (Å²) in [5.74, 6) is -0.304. The molecule has 0 spiro atoms. The Morgan fingerprint density at radius 1 is 1.27 bits per heavy atom. The lowest BCUT2D eigenvalue weighted by Crippen LogP contribution is -2.80. The van der Waals surface area contributed by atoms with Gasteiger partial charge in [0.15, 0.2) is 0 Å². The van der Waals surface area contributed by atoms with Gasteiger partial charge in [-0.3, -0.25) is 0 Å². The second-order valence-electron chi connectivity index (χ2n) is 2.11. The molecule has 4 heteroatoms. The lowest BCUT2D eigenvalue weighted by atomic mass is 10.4. The molecule has 0 bridgehead atoms. The van der Waals surface area contributed by atoms with Gasteiger partial charge in [-0.05, 0) is 6.92 Å². The van der Waals surface area contributed by atoms with Crippen molar-refractivity contribution in [3.63, 3.8) is 0 Å². The average molecular weight is 241 g/mol. The maximum absolute atomic E-state index is 10.7. The molecule has 0 aliphatic heterocycles. The van der Waals surface area contributed by atoms with Gasteiger partial charge in [0.25, 0.3) is 0 Å². The summed E-state index contributed by atoms with van der Waals surface area (Å²) >= 11 is 0. The molecule has 0 saturated carbocycles. The van der Waals surface area contributed by atoms with Crippen molar-refractivity contribution >= 4 is 18.4 Å². The van der Waals surface area contributed by atoms with Gasteiger partial charge in [-0.1, -0.05) is 34.3 Å². The predicted molar refractivity (Wildman–Crippen MR) is 68.4 cm³/mol. The third kappa shape index (κ3) is 24.7. The second kappa shape index (κ2) is 23.4. The van der Waals surface area contributed by atoms with E-state index in [0.717, 1.165) is 6.54 Å². The fraction of sp³-hybridized carbons (Fsp3) is 0.727. The monoisotopic (exact) mass is 240 g/mol. The van der Waals surface area contributed by atoms with Crippen molar-refractivity contribution in [2.75, 3.05) is 20.2 Å². The minimum atomic E-state index is -0.304. The largest absolute Gasteiger partial charge is 0.456 e. The number of ether oxygens (including phenoxy) is 1. The number of quaternary nitrogens is 1. The zero-order valence-electron chi connectivity index (χ0n) is 10.9. The van der Waals surface area contributed by atoms with Crippen molar-refractivity contribution in [3.05, 3.63) is 12.2 Å². The van der Waals surface area contributed by atoms with E-state index in [1.807, 2.05) is 40.1 Å². The van der Waals surface area contributed by atoms with Crippen LogP contribution in [-0.4, -0.2) is 26.2 Å². The quantitative estimate of drug-likeness (QED) is 0.463. The summed E-state index contributed by atoms with van der Waals surface area (Å²) in [7, 11) is 1.93. The van der Waals surface area contributed by atoms with Crippen molar-refractivity contribution in [2.24, 2.45) is 0 Å². The van der Waals surface area contributed by atoms with E-state index in [9.17, 15) is 4.79 Å². The molecule has 0 aromatic carbocycles. The van der Waals surface area contributed by atoms with Crippen molar-refractivity contribution in [3.8, 4) is 0 Å². The SMILES string of the molecule is C=C(C)C(=O)OCC[NH2+]C.CC.CC.Cl. The number of likely N-dealkylation sites (N-methyl/N-ethyl adjacent to an activating group) is 1. The van der Waals surface area contributed by atoms with Gasteiger partial charge in [-0.15, -0.1) is 12.4 Å². The molecule has 2 N–H and O–H groups in total. The van der Waals surface area contributed by atoms with Crippen LogP contribution in [0.1, 0.15) is 34.6 Å². The Morgan fingerprint density at radius 3 is 1.93 bits per heavy atom. The van der Waals surface area contributed by atoms with Crippen LogP contribution >= 0.6 is 12.4 Å². The number of esters is 1. The van der Waals surface area contributed by atoms with Crippen LogP contribution in [0.5, 0.6) is 0 Å². The van der Waals surface area contributed by atoms with Gasteiger partial charge in [0.05, 0.1) is 7.05 Å². The van der Waals surface area contributed by atoms with Gasteiger partial charge >= 0.3 is 5.97 Å². The molecule has 0 heterocycles. The van der Waals surface area contributed by atoms with Crippen molar-refractivity contribution in [1.29, 1.82) is 0 Å².